The Kier molecular flexibility index (Phi) is 2.84. The molecule has 0 N–H and O–H groups in total. The third kappa shape index (κ3) is 1.67. The fraction of sp³-hybridized carbons (Fsp3) is 0.200. The molecule has 1 heteroatoms. The molecular formula is C10H12N. The number of benzene rings is 1. The molecule has 11 heavy (non-hydrogen) atoms. The molecular weight excluding hydrogens is 134 g/mol. The van der Waals surface area contributed by atoms with E-state index in [1.807, 2.05) is 44.7 Å². The molecule has 1 radical (unpaired) electrons. The van der Waals surface area contributed by atoms with E-state index in [1.165, 1.54) is 5.56 Å². The second-order valence-electron chi connectivity index (χ2n) is 2.00. The molecule has 0 spiro atoms. The molecule has 0 fully saturated rings. The van der Waals surface area contributed by atoms with Crippen molar-refractivity contribution in [3.8, 4) is 0 Å². The minimum atomic E-state index is 1.08. The highest BCUT2D eigenvalue weighted by atomic mass is 14.7. The second kappa shape index (κ2) is 3.91. The average Bonchev–Trinajstić information content (AvgIpc) is 2.55. The van der Waals surface area contributed by atoms with E-state index >= 15 is 0 Å². The molecule has 0 aliphatic carbocycles. The number of aliphatic imine (C=N–C) groups is 1. The van der Waals surface area contributed by atoms with Crippen LogP contribution in [0.1, 0.15) is 19.4 Å². The normalized spacial score (nSPS) is 11.8. The van der Waals surface area contributed by atoms with Gasteiger partial charge in [0.1, 0.15) is 0 Å². The van der Waals surface area contributed by atoms with Crippen LogP contribution in [0.3, 0.4) is 0 Å². The van der Waals surface area contributed by atoms with E-state index in [4.69, 9.17) is 0 Å². The van der Waals surface area contributed by atoms with Crippen LogP contribution < -0.4 is 0 Å². The van der Waals surface area contributed by atoms with Gasteiger partial charge in [0.2, 0.25) is 0 Å². The van der Waals surface area contributed by atoms with Gasteiger partial charge in [-0.2, -0.15) is 0 Å². The van der Waals surface area contributed by atoms with Gasteiger partial charge in [-0.15, -0.1) is 0 Å². The van der Waals surface area contributed by atoms with E-state index in [9.17, 15) is 0 Å². The SMILES string of the molecule is CC.[CH]1C=Nc2ccccc21. The number of rotatable bonds is 0. The van der Waals surface area contributed by atoms with E-state index in [0.29, 0.717) is 0 Å². The smallest absolute Gasteiger partial charge is 0.0664 e. The van der Waals surface area contributed by atoms with Crippen LogP contribution >= 0.6 is 0 Å². The van der Waals surface area contributed by atoms with Gasteiger partial charge in [0.15, 0.2) is 0 Å². The fourth-order valence-electron chi connectivity index (χ4n) is 0.944. The Morgan fingerprint density at radius 2 is 1.82 bits per heavy atom. The van der Waals surface area contributed by atoms with Crippen molar-refractivity contribution >= 4 is 11.9 Å². The van der Waals surface area contributed by atoms with Crippen LogP contribution in [0.25, 0.3) is 0 Å². The topological polar surface area (TPSA) is 12.4 Å². The van der Waals surface area contributed by atoms with Crippen LogP contribution in [0.2, 0.25) is 0 Å². The lowest BCUT2D eigenvalue weighted by atomic mass is 10.2. The average molecular weight is 146 g/mol. The van der Waals surface area contributed by atoms with Crippen molar-refractivity contribution in [1.29, 1.82) is 0 Å². The number of hydrogen-bond donors (Lipinski definition) is 0. The lowest BCUT2D eigenvalue weighted by Crippen LogP contribution is -1.71. The molecule has 57 valence electrons. The van der Waals surface area contributed by atoms with Gasteiger partial charge in [-0.05, 0) is 11.6 Å². The molecule has 0 atom stereocenters. The third-order valence-electron chi connectivity index (χ3n) is 1.40. The summed E-state index contributed by atoms with van der Waals surface area (Å²) in [5, 5.41) is 0. The number of fused-ring (bicyclic) bond motifs is 1. The van der Waals surface area contributed by atoms with Crippen LogP contribution in [0.4, 0.5) is 5.69 Å². The first-order valence-corrected chi connectivity index (χ1v) is 3.93. The van der Waals surface area contributed by atoms with Gasteiger partial charge in [0, 0.05) is 12.6 Å². The van der Waals surface area contributed by atoms with Crippen molar-refractivity contribution in [1.82, 2.24) is 0 Å². The van der Waals surface area contributed by atoms with Crippen LogP contribution in [0.15, 0.2) is 29.3 Å². The number of hydrogen-bond acceptors (Lipinski definition) is 1. The van der Waals surface area contributed by atoms with Crippen molar-refractivity contribution in [3.05, 3.63) is 36.2 Å². The van der Waals surface area contributed by atoms with Gasteiger partial charge in [0.25, 0.3) is 0 Å². The van der Waals surface area contributed by atoms with E-state index < -0.39 is 0 Å². The Morgan fingerprint density at radius 1 is 1.09 bits per heavy atom. The Morgan fingerprint density at radius 3 is 2.55 bits per heavy atom. The summed E-state index contributed by atoms with van der Waals surface area (Å²) in [5.74, 6) is 0. The maximum atomic E-state index is 4.12. The predicted molar refractivity (Wildman–Crippen MR) is 49.3 cm³/mol. The Balaban J connectivity index is 0.000000281. The first kappa shape index (κ1) is 7.99. The minimum Gasteiger partial charge on any atom is -0.260 e. The van der Waals surface area contributed by atoms with E-state index in [2.05, 4.69) is 11.1 Å². The highest BCUT2D eigenvalue weighted by Gasteiger charge is 2.02. The van der Waals surface area contributed by atoms with Crippen molar-refractivity contribution in [2.24, 2.45) is 4.99 Å². The van der Waals surface area contributed by atoms with E-state index in [0.717, 1.165) is 5.69 Å². The molecule has 0 bridgehead atoms. The van der Waals surface area contributed by atoms with Crippen LogP contribution in [0, 0.1) is 6.42 Å². The summed E-state index contributed by atoms with van der Waals surface area (Å²) in [4.78, 5) is 4.12. The zero-order valence-corrected chi connectivity index (χ0v) is 6.91. The fourth-order valence-corrected chi connectivity index (χ4v) is 0.944. The molecule has 0 saturated heterocycles. The van der Waals surface area contributed by atoms with Crippen molar-refractivity contribution in [2.75, 3.05) is 0 Å². The summed E-state index contributed by atoms with van der Waals surface area (Å²) in [6.07, 6.45) is 3.83. The lowest BCUT2D eigenvalue weighted by molar-refractivity contribution is 1.50. The van der Waals surface area contributed by atoms with E-state index in [1.54, 1.807) is 0 Å². The Labute approximate surface area is 67.8 Å². The Bertz CT molecular complexity index is 251. The predicted octanol–water partition coefficient (Wildman–Crippen LogP) is 2.98. The first-order valence-electron chi connectivity index (χ1n) is 3.93. The summed E-state index contributed by atoms with van der Waals surface area (Å²) in [7, 11) is 0. The van der Waals surface area contributed by atoms with Crippen LogP contribution in [0.5, 0.6) is 0 Å². The maximum Gasteiger partial charge on any atom is 0.0664 e. The largest absolute Gasteiger partial charge is 0.260 e. The molecule has 0 aromatic heterocycles. The summed E-state index contributed by atoms with van der Waals surface area (Å²) < 4.78 is 0. The summed E-state index contributed by atoms with van der Waals surface area (Å²) in [6, 6.07) is 8.08. The number of para-hydroxylation sites is 1. The van der Waals surface area contributed by atoms with Gasteiger partial charge < -0.3 is 0 Å². The molecule has 2 rings (SSSR count). The molecule has 1 aromatic carbocycles. The zero-order chi connectivity index (χ0) is 8.10. The second-order valence-corrected chi connectivity index (χ2v) is 2.00. The van der Waals surface area contributed by atoms with Crippen LogP contribution in [-0.2, 0) is 0 Å². The van der Waals surface area contributed by atoms with Crippen LogP contribution in [-0.4, -0.2) is 6.21 Å². The molecule has 1 aromatic rings. The summed E-state index contributed by atoms with van der Waals surface area (Å²) >= 11 is 0. The molecule has 1 aliphatic rings. The zero-order valence-electron chi connectivity index (χ0n) is 6.91. The lowest BCUT2D eigenvalue weighted by Gasteiger charge is -1.90. The van der Waals surface area contributed by atoms with Gasteiger partial charge >= 0.3 is 0 Å². The summed E-state index contributed by atoms with van der Waals surface area (Å²) in [5.41, 5.74) is 2.30. The van der Waals surface area contributed by atoms with Gasteiger partial charge in [-0.3, -0.25) is 4.99 Å². The van der Waals surface area contributed by atoms with Gasteiger partial charge in [-0.1, -0.05) is 32.0 Å². The Hall–Kier alpha value is -1.11. The molecule has 1 heterocycles. The summed E-state index contributed by atoms with van der Waals surface area (Å²) in [6.45, 7) is 4.00. The molecule has 0 saturated carbocycles. The number of nitrogens with zero attached hydrogens (tertiary/aromatic N) is 1. The quantitative estimate of drug-likeness (QED) is 0.533. The van der Waals surface area contributed by atoms with Gasteiger partial charge in [-0.25, -0.2) is 0 Å². The maximum absolute atomic E-state index is 4.12. The van der Waals surface area contributed by atoms with Crippen molar-refractivity contribution in [2.45, 2.75) is 13.8 Å². The minimum absolute atomic E-state index is 1.08. The third-order valence-corrected chi connectivity index (χ3v) is 1.40. The van der Waals surface area contributed by atoms with E-state index in [-0.39, 0.29) is 0 Å². The highest BCUT2D eigenvalue weighted by molar-refractivity contribution is 5.84. The molecule has 1 aliphatic heterocycles. The monoisotopic (exact) mass is 146 g/mol. The van der Waals surface area contributed by atoms with Crippen molar-refractivity contribution < 1.29 is 0 Å². The molecule has 0 amide bonds. The van der Waals surface area contributed by atoms with Gasteiger partial charge in [0.05, 0.1) is 5.69 Å². The molecule has 1 nitrogen and oxygen atoms in total. The van der Waals surface area contributed by atoms with Crippen molar-refractivity contribution in [3.63, 3.8) is 0 Å². The first-order chi connectivity index (χ1) is 5.47. The highest BCUT2D eigenvalue weighted by Crippen LogP contribution is 2.23. The standard InChI is InChI=1S/C8H6N.C2H6/c1-2-4-8-7(3-1)5-6-9-8;1-2/h1-6H;1-2H3. The molecule has 0 unspecified atom stereocenters.